The standard InChI is InChI=1S/C21H19NO6/c1-3-25-21(23)15(11-22)8-14-4-6-18(24-2)16(9-14)12-26-17-5-7-19-20(10-17)28-13-27-19/h4-10H,3,12-13H2,1-2H3. The highest BCUT2D eigenvalue weighted by Crippen LogP contribution is 2.35. The number of esters is 1. The number of hydrogen-bond donors (Lipinski definition) is 0. The highest BCUT2D eigenvalue weighted by molar-refractivity contribution is 5.97. The van der Waals surface area contributed by atoms with Crippen LogP contribution in [0.3, 0.4) is 0 Å². The summed E-state index contributed by atoms with van der Waals surface area (Å²) in [7, 11) is 1.56. The normalized spacial score (nSPS) is 12.2. The Bertz CT molecular complexity index is 944. The van der Waals surface area contributed by atoms with Gasteiger partial charge in [0.15, 0.2) is 11.5 Å². The van der Waals surface area contributed by atoms with Gasteiger partial charge in [0.25, 0.3) is 0 Å². The van der Waals surface area contributed by atoms with Gasteiger partial charge in [-0.3, -0.25) is 0 Å². The van der Waals surface area contributed by atoms with E-state index in [2.05, 4.69) is 0 Å². The SMILES string of the molecule is CCOC(=O)C(C#N)=Cc1ccc(OC)c(COc2ccc3c(c2)OCO3)c1. The van der Waals surface area contributed by atoms with Crippen molar-refractivity contribution in [2.75, 3.05) is 20.5 Å². The van der Waals surface area contributed by atoms with Gasteiger partial charge in [0.05, 0.1) is 13.7 Å². The van der Waals surface area contributed by atoms with Gasteiger partial charge in [0, 0.05) is 11.6 Å². The summed E-state index contributed by atoms with van der Waals surface area (Å²) >= 11 is 0. The van der Waals surface area contributed by atoms with Crippen LogP contribution in [0, 0.1) is 11.3 Å². The van der Waals surface area contributed by atoms with Crippen LogP contribution in [0.25, 0.3) is 6.08 Å². The Morgan fingerprint density at radius 2 is 2.04 bits per heavy atom. The van der Waals surface area contributed by atoms with E-state index in [0.29, 0.717) is 28.6 Å². The fourth-order valence-electron chi connectivity index (χ4n) is 2.64. The molecule has 0 unspecified atom stereocenters. The Morgan fingerprint density at radius 1 is 1.21 bits per heavy atom. The number of ether oxygens (including phenoxy) is 5. The van der Waals surface area contributed by atoms with E-state index in [1.807, 2.05) is 6.07 Å². The lowest BCUT2D eigenvalue weighted by Gasteiger charge is -2.12. The van der Waals surface area contributed by atoms with Crippen molar-refractivity contribution in [2.24, 2.45) is 0 Å². The molecule has 1 aliphatic rings. The molecule has 0 fully saturated rings. The summed E-state index contributed by atoms with van der Waals surface area (Å²) in [6.07, 6.45) is 1.47. The number of nitriles is 1. The molecular formula is C21H19NO6. The van der Waals surface area contributed by atoms with Crippen LogP contribution in [0.1, 0.15) is 18.1 Å². The Balaban J connectivity index is 1.79. The van der Waals surface area contributed by atoms with Gasteiger partial charge in [-0.1, -0.05) is 6.07 Å². The number of benzene rings is 2. The number of rotatable bonds is 7. The molecule has 3 rings (SSSR count). The molecule has 0 N–H and O–H groups in total. The summed E-state index contributed by atoms with van der Waals surface area (Å²) in [6.45, 7) is 2.31. The first-order valence-corrected chi connectivity index (χ1v) is 8.63. The zero-order chi connectivity index (χ0) is 19.9. The number of nitrogens with zero attached hydrogens (tertiary/aromatic N) is 1. The highest BCUT2D eigenvalue weighted by atomic mass is 16.7. The molecule has 0 saturated heterocycles. The fourth-order valence-corrected chi connectivity index (χ4v) is 2.64. The van der Waals surface area contributed by atoms with Crippen LogP contribution in [0.4, 0.5) is 0 Å². The van der Waals surface area contributed by atoms with Gasteiger partial charge in [-0.2, -0.15) is 5.26 Å². The molecular weight excluding hydrogens is 362 g/mol. The lowest BCUT2D eigenvalue weighted by molar-refractivity contribution is -0.137. The molecule has 0 spiro atoms. The van der Waals surface area contributed by atoms with Crippen molar-refractivity contribution in [3.05, 3.63) is 53.1 Å². The topological polar surface area (TPSA) is 87.0 Å². The van der Waals surface area contributed by atoms with Crippen LogP contribution >= 0.6 is 0 Å². The molecule has 0 saturated carbocycles. The van der Waals surface area contributed by atoms with Crippen LogP contribution in [-0.2, 0) is 16.1 Å². The van der Waals surface area contributed by atoms with Crippen LogP contribution in [0.15, 0.2) is 42.0 Å². The van der Waals surface area contributed by atoms with Crippen LogP contribution < -0.4 is 18.9 Å². The van der Waals surface area contributed by atoms with Crippen molar-refractivity contribution >= 4 is 12.0 Å². The minimum atomic E-state index is -0.654. The monoisotopic (exact) mass is 381 g/mol. The van der Waals surface area contributed by atoms with Gasteiger partial charge >= 0.3 is 5.97 Å². The summed E-state index contributed by atoms with van der Waals surface area (Å²) in [6, 6.07) is 12.5. The number of methoxy groups -OCH3 is 1. The van der Waals surface area contributed by atoms with Gasteiger partial charge in [0.1, 0.15) is 29.7 Å². The van der Waals surface area contributed by atoms with Gasteiger partial charge < -0.3 is 23.7 Å². The maximum Gasteiger partial charge on any atom is 0.348 e. The maximum atomic E-state index is 11.8. The zero-order valence-electron chi connectivity index (χ0n) is 15.6. The van der Waals surface area contributed by atoms with Crippen LogP contribution in [0.5, 0.6) is 23.0 Å². The van der Waals surface area contributed by atoms with E-state index >= 15 is 0 Å². The number of carbonyl (C=O) groups is 1. The van der Waals surface area contributed by atoms with E-state index < -0.39 is 5.97 Å². The van der Waals surface area contributed by atoms with Gasteiger partial charge in [-0.25, -0.2) is 4.79 Å². The molecule has 1 aliphatic heterocycles. The molecule has 144 valence electrons. The predicted molar refractivity (Wildman–Crippen MR) is 100 cm³/mol. The molecule has 0 amide bonds. The lowest BCUT2D eigenvalue weighted by atomic mass is 10.1. The average Bonchev–Trinajstić information content (AvgIpc) is 3.18. The molecule has 7 heteroatoms. The summed E-state index contributed by atoms with van der Waals surface area (Å²) in [4.78, 5) is 11.8. The summed E-state index contributed by atoms with van der Waals surface area (Å²) < 4.78 is 26.7. The molecule has 2 aromatic rings. The van der Waals surface area contributed by atoms with Crippen LogP contribution in [-0.4, -0.2) is 26.5 Å². The van der Waals surface area contributed by atoms with Gasteiger partial charge in [-0.15, -0.1) is 0 Å². The van der Waals surface area contributed by atoms with Gasteiger partial charge in [-0.05, 0) is 42.8 Å². The highest BCUT2D eigenvalue weighted by Gasteiger charge is 2.15. The third kappa shape index (κ3) is 4.35. The molecule has 0 bridgehead atoms. The van der Waals surface area contributed by atoms with Gasteiger partial charge in [0.2, 0.25) is 6.79 Å². The Kier molecular flexibility index (Phi) is 6.02. The predicted octanol–water partition coefficient (Wildman–Crippen LogP) is 3.47. The first kappa shape index (κ1) is 19.1. The smallest absolute Gasteiger partial charge is 0.348 e. The average molecular weight is 381 g/mol. The summed E-state index contributed by atoms with van der Waals surface area (Å²) in [5.74, 6) is 1.91. The fraction of sp³-hybridized carbons (Fsp3) is 0.238. The van der Waals surface area contributed by atoms with E-state index in [9.17, 15) is 10.1 Å². The first-order valence-electron chi connectivity index (χ1n) is 8.63. The van der Waals surface area contributed by atoms with Crippen molar-refractivity contribution in [3.63, 3.8) is 0 Å². The van der Waals surface area contributed by atoms with E-state index in [1.54, 1.807) is 50.4 Å². The Morgan fingerprint density at radius 3 is 2.79 bits per heavy atom. The van der Waals surface area contributed by atoms with E-state index in [0.717, 1.165) is 5.56 Å². The number of hydrogen-bond acceptors (Lipinski definition) is 7. The van der Waals surface area contributed by atoms with Crippen LogP contribution in [0.2, 0.25) is 0 Å². The third-order valence-electron chi connectivity index (χ3n) is 3.97. The molecule has 0 aliphatic carbocycles. The minimum Gasteiger partial charge on any atom is -0.496 e. The molecule has 28 heavy (non-hydrogen) atoms. The number of carbonyl (C=O) groups excluding carboxylic acids is 1. The van der Waals surface area contributed by atoms with Crippen molar-refractivity contribution in [1.29, 1.82) is 5.26 Å². The largest absolute Gasteiger partial charge is 0.496 e. The Hall–Kier alpha value is -3.66. The molecule has 0 atom stereocenters. The third-order valence-corrected chi connectivity index (χ3v) is 3.97. The molecule has 1 heterocycles. The molecule has 0 aromatic heterocycles. The second-order valence-electron chi connectivity index (χ2n) is 5.77. The lowest BCUT2D eigenvalue weighted by Crippen LogP contribution is -2.06. The second kappa shape index (κ2) is 8.82. The van der Waals surface area contributed by atoms with Crippen molar-refractivity contribution in [3.8, 4) is 29.1 Å². The van der Waals surface area contributed by atoms with E-state index in [1.165, 1.54) is 6.08 Å². The quantitative estimate of drug-likeness (QED) is 0.412. The van der Waals surface area contributed by atoms with E-state index in [-0.39, 0.29) is 25.6 Å². The zero-order valence-corrected chi connectivity index (χ0v) is 15.6. The van der Waals surface area contributed by atoms with E-state index in [4.69, 9.17) is 23.7 Å². The molecule has 2 aromatic carbocycles. The Labute approximate surface area is 162 Å². The maximum absolute atomic E-state index is 11.8. The first-order chi connectivity index (χ1) is 13.6. The second-order valence-corrected chi connectivity index (χ2v) is 5.77. The summed E-state index contributed by atoms with van der Waals surface area (Å²) in [5, 5.41) is 9.19. The van der Waals surface area contributed by atoms with Crippen molar-refractivity contribution in [1.82, 2.24) is 0 Å². The van der Waals surface area contributed by atoms with Crippen molar-refractivity contribution in [2.45, 2.75) is 13.5 Å². The minimum absolute atomic E-state index is 0.0744. The number of fused-ring (bicyclic) bond motifs is 1. The summed E-state index contributed by atoms with van der Waals surface area (Å²) in [5.41, 5.74) is 1.35. The molecule has 0 radical (unpaired) electrons. The molecule has 7 nitrogen and oxygen atoms in total. The van der Waals surface area contributed by atoms with Crippen molar-refractivity contribution < 1.29 is 28.5 Å².